The second kappa shape index (κ2) is 7.30. The zero-order valence-electron chi connectivity index (χ0n) is 13.8. The van der Waals surface area contributed by atoms with Crippen molar-refractivity contribution in [2.75, 3.05) is 6.26 Å². The van der Waals surface area contributed by atoms with Crippen LogP contribution in [-0.2, 0) is 23.7 Å². The van der Waals surface area contributed by atoms with Crippen LogP contribution in [0.25, 0.3) is 0 Å². The lowest BCUT2D eigenvalue weighted by molar-refractivity contribution is -0.143. The molecule has 0 spiro atoms. The van der Waals surface area contributed by atoms with Gasteiger partial charge in [0.25, 0.3) is 0 Å². The van der Waals surface area contributed by atoms with E-state index in [0.717, 1.165) is 0 Å². The van der Waals surface area contributed by atoms with Crippen molar-refractivity contribution in [1.29, 1.82) is 0 Å². The van der Waals surface area contributed by atoms with E-state index in [-0.39, 0.29) is 17.7 Å². The summed E-state index contributed by atoms with van der Waals surface area (Å²) in [5.74, 6) is -0.427. The number of alkyl halides is 6. The number of carbonyl (C=O) groups is 1. The van der Waals surface area contributed by atoms with Crippen molar-refractivity contribution in [3.63, 3.8) is 0 Å². The number of hydrogen-bond acceptors (Lipinski definition) is 3. The molecular formula is C16H18F6N2OS. The van der Waals surface area contributed by atoms with E-state index >= 15 is 0 Å². The van der Waals surface area contributed by atoms with E-state index in [4.69, 9.17) is 5.73 Å². The fourth-order valence-corrected chi connectivity index (χ4v) is 3.96. The monoisotopic (exact) mass is 400 g/mol. The molecule has 0 heterocycles. The number of benzene rings is 1. The van der Waals surface area contributed by atoms with Gasteiger partial charge in [0.1, 0.15) is 0 Å². The largest absolute Gasteiger partial charge is 0.416 e. The summed E-state index contributed by atoms with van der Waals surface area (Å²) in [5, 5.41) is 2.46. The molecule has 0 aromatic heterocycles. The second-order valence-corrected chi connectivity index (χ2v) is 7.49. The Morgan fingerprint density at radius 2 is 1.73 bits per heavy atom. The van der Waals surface area contributed by atoms with Crippen LogP contribution in [0.4, 0.5) is 26.3 Å². The second-order valence-electron chi connectivity index (χ2n) is 6.30. The third-order valence-corrected chi connectivity index (χ3v) is 5.75. The Morgan fingerprint density at radius 1 is 1.19 bits per heavy atom. The molecule has 2 unspecified atom stereocenters. The minimum absolute atomic E-state index is 0.0602. The Morgan fingerprint density at radius 3 is 2.12 bits per heavy atom. The van der Waals surface area contributed by atoms with Gasteiger partial charge in [-0.3, -0.25) is 4.79 Å². The molecule has 0 saturated heterocycles. The van der Waals surface area contributed by atoms with Gasteiger partial charge in [0.15, 0.2) is 0 Å². The third kappa shape index (κ3) is 4.64. The number of halogens is 6. The first-order valence-electron chi connectivity index (χ1n) is 7.75. The Balaban J connectivity index is 2.22. The predicted octanol–water partition coefficient (Wildman–Crippen LogP) is 3.95. The van der Waals surface area contributed by atoms with Gasteiger partial charge in [-0.1, -0.05) is 0 Å². The van der Waals surface area contributed by atoms with Crippen molar-refractivity contribution >= 4 is 17.7 Å². The van der Waals surface area contributed by atoms with Gasteiger partial charge in [0.05, 0.1) is 15.9 Å². The van der Waals surface area contributed by atoms with Crippen LogP contribution in [0, 0.1) is 0 Å². The molecule has 0 radical (unpaired) electrons. The third-order valence-electron chi connectivity index (χ3n) is 4.42. The minimum atomic E-state index is -4.92. The standard InChI is InChI=1S/C16H18F6N2OS/c1-26-14(3-2-12(23)7-14)13(25)24-8-9-4-10(15(17,18)19)6-11(5-9)16(20,21)22/h4-6,12H,2-3,7-8,23H2,1H3,(H,24,25). The van der Waals surface area contributed by atoms with E-state index in [9.17, 15) is 31.1 Å². The van der Waals surface area contributed by atoms with Crippen LogP contribution < -0.4 is 11.1 Å². The van der Waals surface area contributed by atoms with Gasteiger partial charge >= 0.3 is 12.4 Å². The molecule has 2 rings (SSSR count). The molecule has 1 aromatic rings. The van der Waals surface area contributed by atoms with Gasteiger partial charge in [0.2, 0.25) is 5.91 Å². The molecule has 0 aliphatic heterocycles. The number of rotatable bonds is 4. The molecule has 146 valence electrons. The van der Waals surface area contributed by atoms with E-state index in [1.807, 2.05) is 0 Å². The maximum atomic E-state index is 12.9. The molecular weight excluding hydrogens is 382 g/mol. The molecule has 3 nitrogen and oxygen atoms in total. The summed E-state index contributed by atoms with van der Waals surface area (Å²) in [6.07, 6.45) is -6.55. The normalized spacial score (nSPS) is 23.9. The Kier molecular flexibility index (Phi) is 5.86. The zero-order valence-corrected chi connectivity index (χ0v) is 14.6. The minimum Gasteiger partial charge on any atom is -0.351 e. The van der Waals surface area contributed by atoms with Crippen molar-refractivity contribution in [2.24, 2.45) is 5.73 Å². The van der Waals surface area contributed by atoms with E-state index in [0.29, 0.717) is 31.4 Å². The topological polar surface area (TPSA) is 55.1 Å². The van der Waals surface area contributed by atoms with Crippen LogP contribution >= 0.6 is 11.8 Å². The molecule has 1 aliphatic rings. The molecule has 1 aliphatic carbocycles. The lowest BCUT2D eigenvalue weighted by atomic mass is 10.0. The van der Waals surface area contributed by atoms with Crippen molar-refractivity contribution in [3.8, 4) is 0 Å². The molecule has 10 heteroatoms. The summed E-state index contributed by atoms with van der Waals surface area (Å²) in [6.45, 7) is -0.427. The number of nitrogens with one attached hydrogen (secondary N) is 1. The maximum absolute atomic E-state index is 12.9. The van der Waals surface area contributed by atoms with Crippen LogP contribution in [0.2, 0.25) is 0 Å². The molecule has 0 bridgehead atoms. The highest BCUT2D eigenvalue weighted by Crippen LogP contribution is 2.40. The fraction of sp³-hybridized carbons (Fsp3) is 0.562. The number of thioether (sulfide) groups is 1. The van der Waals surface area contributed by atoms with Crippen molar-refractivity contribution < 1.29 is 31.1 Å². The number of nitrogens with two attached hydrogens (primary N) is 1. The SMILES string of the molecule is CSC1(C(=O)NCc2cc(C(F)(F)F)cc(C(F)(F)F)c2)CCC(N)C1. The summed E-state index contributed by atoms with van der Waals surface area (Å²) in [7, 11) is 0. The number of amides is 1. The van der Waals surface area contributed by atoms with Crippen LogP contribution in [-0.4, -0.2) is 23.0 Å². The summed E-state index contributed by atoms with van der Waals surface area (Å²) in [6, 6.07) is 1.13. The van der Waals surface area contributed by atoms with E-state index < -0.39 is 40.7 Å². The number of carbonyl (C=O) groups excluding carboxylic acids is 1. The quantitative estimate of drug-likeness (QED) is 0.753. The molecule has 1 fully saturated rings. The first-order chi connectivity index (χ1) is 11.9. The molecule has 1 aromatic carbocycles. The van der Waals surface area contributed by atoms with Crippen molar-refractivity contribution in [3.05, 3.63) is 34.9 Å². The van der Waals surface area contributed by atoms with E-state index in [1.165, 1.54) is 11.8 Å². The molecule has 2 atom stereocenters. The van der Waals surface area contributed by atoms with Crippen molar-refractivity contribution in [2.45, 2.75) is 48.9 Å². The average molecular weight is 400 g/mol. The van der Waals surface area contributed by atoms with E-state index in [2.05, 4.69) is 5.32 Å². The summed E-state index contributed by atoms with van der Waals surface area (Å²) >= 11 is 1.29. The zero-order chi connectivity index (χ0) is 19.8. The van der Waals surface area contributed by atoms with Gasteiger partial charge in [-0.2, -0.15) is 26.3 Å². The Hall–Kier alpha value is -1.42. The highest BCUT2D eigenvalue weighted by Gasteiger charge is 2.43. The van der Waals surface area contributed by atoms with Crippen LogP contribution in [0.5, 0.6) is 0 Å². The van der Waals surface area contributed by atoms with Gasteiger partial charge < -0.3 is 11.1 Å². The molecule has 26 heavy (non-hydrogen) atoms. The van der Waals surface area contributed by atoms with Gasteiger partial charge in [0, 0.05) is 12.6 Å². The Bertz CT molecular complexity index is 643. The lowest BCUT2D eigenvalue weighted by Gasteiger charge is -2.26. The van der Waals surface area contributed by atoms with Crippen LogP contribution in [0.1, 0.15) is 36.0 Å². The number of hydrogen-bond donors (Lipinski definition) is 2. The summed E-state index contributed by atoms with van der Waals surface area (Å²) < 4.78 is 76.4. The lowest BCUT2D eigenvalue weighted by Crippen LogP contribution is -2.43. The fourth-order valence-electron chi connectivity index (χ4n) is 3.00. The van der Waals surface area contributed by atoms with E-state index in [1.54, 1.807) is 6.26 Å². The highest BCUT2D eigenvalue weighted by molar-refractivity contribution is 8.00. The van der Waals surface area contributed by atoms with Crippen LogP contribution in [0.3, 0.4) is 0 Å². The first-order valence-corrected chi connectivity index (χ1v) is 8.97. The first kappa shape index (κ1) is 20.9. The van der Waals surface area contributed by atoms with Gasteiger partial charge in [-0.05, 0) is 49.3 Å². The molecule has 3 N–H and O–H groups in total. The van der Waals surface area contributed by atoms with Crippen molar-refractivity contribution in [1.82, 2.24) is 5.32 Å². The van der Waals surface area contributed by atoms with Gasteiger partial charge in [-0.15, -0.1) is 11.8 Å². The summed E-state index contributed by atoms with van der Waals surface area (Å²) in [4.78, 5) is 12.4. The molecule has 1 amide bonds. The average Bonchev–Trinajstić information content (AvgIpc) is 2.93. The summed E-state index contributed by atoms with van der Waals surface area (Å²) in [5.41, 5.74) is 2.75. The maximum Gasteiger partial charge on any atom is 0.416 e. The smallest absolute Gasteiger partial charge is 0.351 e. The molecule has 1 saturated carbocycles. The highest BCUT2D eigenvalue weighted by atomic mass is 32.2. The van der Waals surface area contributed by atoms with Crippen LogP contribution in [0.15, 0.2) is 18.2 Å². The predicted molar refractivity (Wildman–Crippen MR) is 86.4 cm³/mol. The van der Waals surface area contributed by atoms with Gasteiger partial charge in [-0.25, -0.2) is 0 Å². The Labute approximate surface area is 150 Å².